The summed E-state index contributed by atoms with van der Waals surface area (Å²) in [7, 11) is 1.42. The van der Waals surface area contributed by atoms with Crippen molar-refractivity contribution in [3.8, 4) is 0 Å². The number of rotatable bonds is 1. The molecule has 0 aromatic heterocycles. The molecule has 0 unspecified atom stereocenters. The van der Waals surface area contributed by atoms with Crippen LogP contribution in [0, 0.1) is 0 Å². The van der Waals surface area contributed by atoms with Crippen LogP contribution in [0.2, 0.25) is 10.0 Å². The number of amides is 3. The molecule has 1 saturated heterocycles. The average molecular weight is 274 g/mol. The summed E-state index contributed by atoms with van der Waals surface area (Å²) in [4.78, 5) is 24.2. The lowest BCUT2D eigenvalue weighted by Gasteiger charge is -2.32. The first-order valence-corrected chi connectivity index (χ1v) is 5.55. The quantitative estimate of drug-likeness (QED) is 0.850. The maximum Gasteiger partial charge on any atom is 0.345 e. The van der Waals surface area contributed by atoms with E-state index in [1.165, 1.54) is 12.1 Å². The van der Waals surface area contributed by atoms with Crippen molar-refractivity contribution in [2.45, 2.75) is 0 Å². The van der Waals surface area contributed by atoms with Crippen LogP contribution in [-0.2, 0) is 4.79 Å². The van der Waals surface area contributed by atoms with Crippen molar-refractivity contribution in [2.24, 2.45) is 0 Å². The fourth-order valence-corrected chi connectivity index (χ4v) is 1.97. The van der Waals surface area contributed by atoms with Crippen LogP contribution < -0.4 is 10.4 Å². The van der Waals surface area contributed by atoms with Gasteiger partial charge >= 0.3 is 6.03 Å². The van der Waals surface area contributed by atoms with Crippen LogP contribution in [0.1, 0.15) is 0 Å². The number of likely N-dealkylation sites (N-methyl/N-ethyl adjacent to an activating group) is 1. The highest BCUT2D eigenvalue weighted by Gasteiger charge is 2.30. The Balaban J connectivity index is 2.34. The first-order valence-electron chi connectivity index (χ1n) is 4.79. The molecule has 0 atom stereocenters. The van der Waals surface area contributed by atoms with Crippen LogP contribution in [-0.4, -0.2) is 30.4 Å². The standard InChI is InChI=1S/C10H9Cl2N3O2/c1-14-9(16)5-13-15(10(14)17)8-3-6(11)2-7(12)4-8/h2-4,13H,5H2,1H3. The zero-order chi connectivity index (χ0) is 12.6. The molecular weight excluding hydrogens is 265 g/mol. The normalized spacial score (nSPS) is 16.6. The van der Waals surface area contributed by atoms with Gasteiger partial charge in [0.05, 0.1) is 12.2 Å². The van der Waals surface area contributed by atoms with Gasteiger partial charge in [0.25, 0.3) is 0 Å². The molecule has 1 aromatic rings. The second-order valence-corrected chi connectivity index (χ2v) is 4.41. The highest BCUT2D eigenvalue weighted by Crippen LogP contribution is 2.25. The van der Waals surface area contributed by atoms with Gasteiger partial charge in [-0.3, -0.25) is 9.69 Å². The van der Waals surface area contributed by atoms with Crippen molar-refractivity contribution < 1.29 is 9.59 Å². The Labute approximate surface area is 108 Å². The number of nitrogens with zero attached hydrogens (tertiary/aromatic N) is 2. The third-order valence-electron chi connectivity index (χ3n) is 2.35. The number of carbonyl (C=O) groups excluding carboxylic acids is 2. The van der Waals surface area contributed by atoms with Gasteiger partial charge in [0.15, 0.2) is 0 Å². The fourth-order valence-electron chi connectivity index (χ4n) is 1.46. The third-order valence-corrected chi connectivity index (χ3v) is 2.78. The summed E-state index contributed by atoms with van der Waals surface area (Å²) in [5.74, 6) is -0.292. The Morgan fingerprint density at radius 2 is 1.76 bits per heavy atom. The molecule has 7 heteroatoms. The summed E-state index contributed by atoms with van der Waals surface area (Å²) in [5.41, 5.74) is 3.19. The van der Waals surface area contributed by atoms with E-state index in [9.17, 15) is 9.59 Å². The van der Waals surface area contributed by atoms with Gasteiger partial charge in [-0.25, -0.2) is 15.2 Å². The SMILES string of the molecule is CN1C(=O)CNN(c2cc(Cl)cc(Cl)c2)C1=O. The molecule has 2 rings (SSSR count). The van der Waals surface area contributed by atoms with E-state index >= 15 is 0 Å². The van der Waals surface area contributed by atoms with Crippen LogP contribution >= 0.6 is 23.2 Å². The molecule has 0 radical (unpaired) electrons. The largest absolute Gasteiger partial charge is 0.345 e. The Hall–Kier alpha value is -1.30. The lowest BCUT2D eigenvalue weighted by atomic mass is 10.3. The lowest BCUT2D eigenvalue weighted by Crippen LogP contribution is -2.59. The Morgan fingerprint density at radius 3 is 2.35 bits per heavy atom. The maximum absolute atomic E-state index is 11.8. The minimum Gasteiger partial charge on any atom is -0.273 e. The van der Waals surface area contributed by atoms with Gasteiger partial charge in [-0.2, -0.15) is 0 Å². The van der Waals surface area contributed by atoms with Crippen molar-refractivity contribution in [1.29, 1.82) is 0 Å². The fraction of sp³-hybridized carbons (Fsp3) is 0.200. The Morgan fingerprint density at radius 1 is 1.18 bits per heavy atom. The minimum atomic E-state index is -0.473. The topological polar surface area (TPSA) is 52.7 Å². The predicted molar refractivity (Wildman–Crippen MR) is 65.1 cm³/mol. The van der Waals surface area contributed by atoms with Crippen molar-refractivity contribution in [3.63, 3.8) is 0 Å². The van der Waals surface area contributed by atoms with Crippen molar-refractivity contribution in [2.75, 3.05) is 18.6 Å². The van der Waals surface area contributed by atoms with E-state index in [0.29, 0.717) is 15.7 Å². The van der Waals surface area contributed by atoms with Gasteiger partial charge in [0, 0.05) is 17.1 Å². The number of imide groups is 1. The zero-order valence-electron chi connectivity index (χ0n) is 8.91. The summed E-state index contributed by atoms with van der Waals surface area (Å²) >= 11 is 11.7. The molecule has 5 nitrogen and oxygen atoms in total. The molecule has 1 heterocycles. The molecular formula is C10H9Cl2N3O2. The number of carbonyl (C=O) groups is 2. The first-order chi connectivity index (χ1) is 7.99. The number of hydrogen-bond acceptors (Lipinski definition) is 3. The number of anilines is 1. The van der Waals surface area contributed by atoms with Gasteiger partial charge in [0.1, 0.15) is 0 Å². The number of hydrogen-bond donors (Lipinski definition) is 1. The number of benzene rings is 1. The molecule has 17 heavy (non-hydrogen) atoms. The summed E-state index contributed by atoms with van der Waals surface area (Å²) in [5, 5.41) is 2.07. The van der Waals surface area contributed by atoms with Gasteiger partial charge in [-0.15, -0.1) is 0 Å². The van der Waals surface area contributed by atoms with Crippen LogP contribution in [0.3, 0.4) is 0 Å². The molecule has 0 spiro atoms. The van der Waals surface area contributed by atoms with Crippen molar-refractivity contribution >= 4 is 40.8 Å². The molecule has 3 amide bonds. The smallest absolute Gasteiger partial charge is 0.273 e. The molecule has 1 aromatic carbocycles. The zero-order valence-corrected chi connectivity index (χ0v) is 10.4. The molecule has 1 aliphatic heterocycles. The van der Waals surface area contributed by atoms with Gasteiger partial charge in [-0.1, -0.05) is 23.2 Å². The molecule has 0 aliphatic carbocycles. The molecule has 90 valence electrons. The van der Waals surface area contributed by atoms with Crippen molar-refractivity contribution in [1.82, 2.24) is 10.3 Å². The number of halogens is 2. The number of hydrazine groups is 1. The second kappa shape index (κ2) is 4.52. The first kappa shape index (κ1) is 12.2. The maximum atomic E-state index is 11.8. The summed E-state index contributed by atoms with van der Waals surface area (Å²) < 4.78 is 0. The van der Waals surface area contributed by atoms with Crippen LogP contribution in [0.15, 0.2) is 18.2 Å². The van der Waals surface area contributed by atoms with Crippen LogP contribution in [0.4, 0.5) is 10.5 Å². The Kier molecular flexibility index (Phi) is 3.24. The molecule has 1 aliphatic rings. The van der Waals surface area contributed by atoms with E-state index in [0.717, 1.165) is 4.90 Å². The predicted octanol–water partition coefficient (Wildman–Crippen LogP) is 1.90. The van der Waals surface area contributed by atoms with Gasteiger partial charge in [0.2, 0.25) is 5.91 Å². The van der Waals surface area contributed by atoms with Crippen LogP contribution in [0.5, 0.6) is 0 Å². The highest BCUT2D eigenvalue weighted by molar-refractivity contribution is 6.35. The van der Waals surface area contributed by atoms with E-state index < -0.39 is 6.03 Å². The number of nitrogens with one attached hydrogen (secondary N) is 1. The monoisotopic (exact) mass is 273 g/mol. The van der Waals surface area contributed by atoms with Gasteiger partial charge in [-0.05, 0) is 18.2 Å². The van der Waals surface area contributed by atoms with Gasteiger partial charge < -0.3 is 0 Å². The van der Waals surface area contributed by atoms with E-state index in [-0.39, 0.29) is 12.5 Å². The highest BCUT2D eigenvalue weighted by atomic mass is 35.5. The number of urea groups is 1. The van der Waals surface area contributed by atoms with E-state index in [1.54, 1.807) is 18.2 Å². The summed E-state index contributed by atoms with van der Waals surface area (Å²) in [6.45, 7) is 0.0480. The van der Waals surface area contributed by atoms with Crippen molar-refractivity contribution in [3.05, 3.63) is 28.2 Å². The Bertz CT molecular complexity index is 472. The molecule has 1 N–H and O–H groups in total. The molecule has 0 bridgehead atoms. The molecule has 0 saturated carbocycles. The third kappa shape index (κ3) is 2.36. The van der Waals surface area contributed by atoms with Crippen LogP contribution in [0.25, 0.3) is 0 Å². The molecule has 1 fully saturated rings. The van der Waals surface area contributed by atoms with E-state index in [1.807, 2.05) is 0 Å². The second-order valence-electron chi connectivity index (χ2n) is 3.53. The minimum absolute atomic E-state index is 0.0480. The lowest BCUT2D eigenvalue weighted by molar-refractivity contribution is -0.127. The van der Waals surface area contributed by atoms with E-state index in [2.05, 4.69) is 5.43 Å². The average Bonchev–Trinajstić information content (AvgIpc) is 2.24. The summed E-state index contributed by atoms with van der Waals surface area (Å²) in [6, 6.07) is 4.26. The van der Waals surface area contributed by atoms with E-state index in [4.69, 9.17) is 23.2 Å². The summed E-state index contributed by atoms with van der Waals surface area (Å²) in [6.07, 6.45) is 0.